The summed E-state index contributed by atoms with van der Waals surface area (Å²) in [6, 6.07) is 3.84. The van der Waals surface area contributed by atoms with Crippen LogP contribution in [0.15, 0.2) is 18.2 Å². The molecular formula is C13H14F3N3. The van der Waals surface area contributed by atoms with Crippen LogP contribution in [0, 0.1) is 0 Å². The normalized spacial score (nSPS) is 20.3. The van der Waals surface area contributed by atoms with E-state index >= 15 is 0 Å². The smallest absolute Gasteiger partial charge is 0.330 e. The maximum absolute atomic E-state index is 12.7. The molecule has 2 aromatic rings. The molecule has 1 aromatic carbocycles. The van der Waals surface area contributed by atoms with Crippen molar-refractivity contribution in [2.45, 2.75) is 25.1 Å². The van der Waals surface area contributed by atoms with Gasteiger partial charge in [-0.05, 0) is 37.6 Å². The van der Waals surface area contributed by atoms with Crippen LogP contribution in [0.5, 0.6) is 0 Å². The third-order valence-electron chi connectivity index (χ3n) is 3.61. The SMILES string of the molecule is Cn1c(C2CCCN2)nc2ccc(C(F)(F)F)cc21. The Morgan fingerprint density at radius 3 is 2.79 bits per heavy atom. The highest BCUT2D eigenvalue weighted by molar-refractivity contribution is 5.77. The van der Waals surface area contributed by atoms with Crippen LogP contribution in [0.3, 0.4) is 0 Å². The molecule has 0 bridgehead atoms. The van der Waals surface area contributed by atoms with E-state index in [-0.39, 0.29) is 6.04 Å². The third kappa shape index (κ3) is 2.10. The van der Waals surface area contributed by atoms with E-state index in [1.165, 1.54) is 12.1 Å². The predicted octanol–water partition coefficient (Wildman–Crippen LogP) is 3.02. The average molecular weight is 269 g/mol. The molecular weight excluding hydrogens is 255 g/mol. The van der Waals surface area contributed by atoms with Gasteiger partial charge in [-0.2, -0.15) is 13.2 Å². The summed E-state index contributed by atoms with van der Waals surface area (Å²) in [4.78, 5) is 4.45. The van der Waals surface area contributed by atoms with Crippen molar-refractivity contribution in [2.24, 2.45) is 7.05 Å². The second kappa shape index (κ2) is 4.23. The van der Waals surface area contributed by atoms with Gasteiger partial charge < -0.3 is 9.88 Å². The molecule has 1 aromatic heterocycles. The lowest BCUT2D eigenvalue weighted by Crippen LogP contribution is -2.16. The highest BCUT2D eigenvalue weighted by atomic mass is 19.4. The number of rotatable bonds is 1. The van der Waals surface area contributed by atoms with Crippen molar-refractivity contribution in [3.63, 3.8) is 0 Å². The number of imidazole rings is 1. The highest BCUT2D eigenvalue weighted by Crippen LogP contribution is 2.32. The average Bonchev–Trinajstić information content (AvgIpc) is 2.96. The van der Waals surface area contributed by atoms with E-state index in [4.69, 9.17) is 0 Å². The second-order valence-electron chi connectivity index (χ2n) is 4.88. The summed E-state index contributed by atoms with van der Waals surface area (Å²) in [5, 5.41) is 3.31. The van der Waals surface area contributed by atoms with E-state index < -0.39 is 11.7 Å². The summed E-state index contributed by atoms with van der Waals surface area (Å²) >= 11 is 0. The molecule has 1 unspecified atom stereocenters. The van der Waals surface area contributed by atoms with Gasteiger partial charge in [0.05, 0.1) is 22.6 Å². The summed E-state index contributed by atoms with van der Waals surface area (Å²) in [5.74, 6) is 0.812. The fraction of sp³-hybridized carbons (Fsp3) is 0.462. The van der Waals surface area contributed by atoms with Gasteiger partial charge in [0.1, 0.15) is 5.82 Å². The Hall–Kier alpha value is -1.56. The molecule has 3 nitrogen and oxygen atoms in total. The van der Waals surface area contributed by atoms with Crippen LogP contribution >= 0.6 is 0 Å². The summed E-state index contributed by atoms with van der Waals surface area (Å²) < 4.78 is 39.9. The first kappa shape index (κ1) is 12.5. The van der Waals surface area contributed by atoms with Crippen molar-refractivity contribution in [1.29, 1.82) is 0 Å². The standard InChI is InChI=1S/C13H14F3N3/c1-19-11-7-8(13(14,15)16)4-5-9(11)18-12(19)10-3-2-6-17-10/h4-5,7,10,17H,2-3,6H2,1H3. The van der Waals surface area contributed by atoms with Crippen LogP contribution in [0.4, 0.5) is 13.2 Å². The molecule has 0 spiro atoms. The Morgan fingerprint density at radius 2 is 2.16 bits per heavy atom. The first-order valence-corrected chi connectivity index (χ1v) is 6.24. The zero-order chi connectivity index (χ0) is 13.6. The highest BCUT2D eigenvalue weighted by Gasteiger charge is 2.31. The number of nitrogens with zero attached hydrogens (tertiary/aromatic N) is 2. The Labute approximate surface area is 108 Å². The molecule has 1 aliphatic rings. The molecule has 0 aliphatic carbocycles. The van der Waals surface area contributed by atoms with Gasteiger partial charge in [0, 0.05) is 7.05 Å². The fourth-order valence-electron chi connectivity index (χ4n) is 2.60. The third-order valence-corrected chi connectivity index (χ3v) is 3.61. The van der Waals surface area contributed by atoms with Crippen molar-refractivity contribution in [3.8, 4) is 0 Å². The van der Waals surface area contributed by atoms with Crippen molar-refractivity contribution >= 4 is 11.0 Å². The number of alkyl halides is 3. The molecule has 6 heteroatoms. The van der Waals surface area contributed by atoms with E-state index in [1.54, 1.807) is 11.6 Å². The van der Waals surface area contributed by atoms with Crippen LogP contribution in [0.1, 0.15) is 30.3 Å². The van der Waals surface area contributed by atoms with Crippen molar-refractivity contribution in [3.05, 3.63) is 29.6 Å². The number of hydrogen-bond donors (Lipinski definition) is 1. The Balaban J connectivity index is 2.10. The summed E-state index contributed by atoms with van der Waals surface area (Å²) in [6.45, 7) is 0.932. The molecule has 102 valence electrons. The molecule has 1 fully saturated rings. The van der Waals surface area contributed by atoms with Crippen molar-refractivity contribution in [1.82, 2.24) is 14.9 Å². The van der Waals surface area contributed by atoms with Crippen LogP contribution in [0.2, 0.25) is 0 Å². The van der Waals surface area contributed by atoms with E-state index in [9.17, 15) is 13.2 Å². The number of fused-ring (bicyclic) bond motifs is 1. The number of aryl methyl sites for hydroxylation is 1. The van der Waals surface area contributed by atoms with E-state index in [0.717, 1.165) is 31.3 Å². The number of hydrogen-bond acceptors (Lipinski definition) is 2. The summed E-state index contributed by atoms with van der Waals surface area (Å²) in [5.41, 5.74) is 0.506. The van der Waals surface area contributed by atoms with Crippen LogP contribution in [-0.2, 0) is 13.2 Å². The largest absolute Gasteiger partial charge is 0.416 e. The molecule has 1 atom stereocenters. The summed E-state index contributed by atoms with van der Waals surface area (Å²) in [7, 11) is 1.77. The second-order valence-corrected chi connectivity index (χ2v) is 4.88. The first-order chi connectivity index (χ1) is 8.97. The van der Waals surface area contributed by atoms with E-state index in [2.05, 4.69) is 10.3 Å². The number of halogens is 3. The van der Waals surface area contributed by atoms with Crippen molar-refractivity contribution < 1.29 is 13.2 Å². The lowest BCUT2D eigenvalue weighted by molar-refractivity contribution is -0.137. The van der Waals surface area contributed by atoms with Gasteiger partial charge in [0.2, 0.25) is 0 Å². The minimum absolute atomic E-state index is 0.145. The van der Waals surface area contributed by atoms with Gasteiger partial charge in [-0.25, -0.2) is 4.98 Å². The number of benzene rings is 1. The molecule has 1 aliphatic heterocycles. The molecule has 3 rings (SSSR count). The molecule has 1 N–H and O–H groups in total. The first-order valence-electron chi connectivity index (χ1n) is 6.24. The topological polar surface area (TPSA) is 29.9 Å². The Bertz CT molecular complexity index is 609. The minimum Gasteiger partial charge on any atom is -0.330 e. The van der Waals surface area contributed by atoms with Gasteiger partial charge >= 0.3 is 6.18 Å². The van der Waals surface area contributed by atoms with Gasteiger partial charge in [-0.1, -0.05) is 0 Å². The lowest BCUT2D eigenvalue weighted by Gasteiger charge is -2.10. The Kier molecular flexibility index (Phi) is 2.78. The fourth-order valence-corrected chi connectivity index (χ4v) is 2.60. The van der Waals surface area contributed by atoms with E-state index in [1.807, 2.05) is 0 Å². The monoisotopic (exact) mass is 269 g/mol. The zero-order valence-electron chi connectivity index (χ0n) is 10.5. The van der Waals surface area contributed by atoms with Gasteiger partial charge in [0.25, 0.3) is 0 Å². The minimum atomic E-state index is -4.32. The summed E-state index contributed by atoms with van der Waals surface area (Å²) in [6.07, 6.45) is -2.27. The predicted molar refractivity (Wildman–Crippen MR) is 65.7 cm³/mol. The van der Waals surface area contributed by atoms with Gasteiger partial charge in [-0.3, -0.25) is 0 Å². The molecule has 0 radical (unpaired) electrons. The molecule has 1 saturated heterocycles. The number of nitrogens with one attached hydrogen (secondary N) is 1. The quantitative estimate of drug-likeness (QED) is 0.862. The van der Waals surface area contributed by atoms with E-state index in [0.29, 0.717) is 11.0 Å². The maximum atomic E-state index is 12.7. The Morgan fingerprint density at radius 1 is 1.37 bits per heavy atom. The molecule has 0 saturated carbocycles. The van der Waals surface area contributed by atoms with Crippen molar-refractivity contribution in [2.75, 3.05) is 6.54 Å². The van der Waals surface area contributed by atoms with Crippen LogP contribution < -0.4 is 5.32 Å². The number of aromatic nitrogens is 2. The molecule has 19 heavy (non-hydrogen) atoms. The molecule has 0 amide bonds. The molecule has 2 heterocycles. The van der Waals surface area contributed by atoms with Gasteiger partial charge in [0.15, 0.2) is 0 Å². The van der Waals surface area contributed by atoms with Gasteiger partial charge in [-0.15, -0.1) is 0 Å². The van der Waals surface area contributed by atoms with Crippen LogP contribution in [-0.4, -0.2) is 16.1 Å². The van der Waals surface area contributed by atoms with Crippen LogP contribution in [0.25, 0.3) is 11.0 Å². The lowest BCUT2D eigenvalue weighted by atomic mass is 10.2. The zero-order valence-corrected chi connectivity index (χ0v) is 10.5. The maximum Gasteiger partial charge on any atom is 0.416 e.